The van der Waals surface area contributed by atoms with Crippen LogP contribution in [-0.4, -0.2) is 22.6 Å². The third kappa shape index (κ3) is 5.20. The van der Waals surface area contributed by atoms with Crippen molar-refractivity contribution >= 4 is 22.0 Å². The van der Waals surface area contributed by atoms with E-state index in [1.54, 1.807) is 17.0 Å². The van der Waals surface area contributed by atoms with Crippen molar-refractivity contribution in [2.45, 2.75) is 71.1 Å². The van der Waals surface area contributed by atoms with Gasteiger partial charge in [-0.2, -0.15) is 0 Å². The molecule has 23 heavy (non-hydrogen) atoms. The molecule has 0 bridgehead atoms. The van der Waals surface area contributed by atoms with E-state index >= 15 is 0 Å². The normalized spacial score (nSPS) is 16.2. The largest absolute Gasteiger partial charge is 0.444 e. The van der Waals surface area contributed by atoms with Crippen molar-refractivity contribution in [3.8, 4) is 0 Å². The highest BCUT2D eigenvalue weighted by molar-refractivity contribution is 9.10. The van der Waals surface area contributed by atoms with E-state index in [-0.39, 0.29) is 24.5 Å². The molecule has 0 unspecified atom stereocenters. The number of ether oxygens (including phenoxy) is 1. The highest BCUT2D eigenvalue weighted by Crippen LogP contribution is 2.28. The monoisotopic (exact) mass is 385 g/mol. The molecule has 0 heterocycles. The Kier molecular flexibility index (Phi) is 6.06. The lowest BCUT2D eigenvalue weighted by molar-refractivity contribution is 0.00962. The fraction of sp³-hybridized carbons (Fsp3) is 0.611. The molecule has 1 amide bonds. The van der Waals surface area contributed by atoms with E-state index in [0.717, 1.165) is 25.7 Å². The summed E-state index contributed by atoms with van der Waals surface area (Å²) < 4.78 is 20.4. The summed E-state index contributed by atoms with van der Waals surface area (Å²) in [5.74, 6) is -0.302. The lowest BCUT2D eigenvalue weighted by atomic mass is 9.94. The zero-order valence-corrected chi connectivity index (χ0v) is 15.7. The third-order valence-electron chi connectivity index (χ3n) is 4.03. The second kappa shape index (κ2) is 7.65. The Balaban J connectivity index is 2.24. The first-order valence-electron chi connectivity index (χ1n) is 8.20. The maximum Gasteiger partial charge on any atom is 0.410 e. The van der Waals surface area contributed by atoms with Crippen LogP contribution in [0.5, 0.6) is 0 Å². The number of rotatable bonds is 3. The van der Waals surface area contributed by atoms with Gasteiger partial charge in [-0.25, -0.2) is 9.18 Å². The summed E-state index contributed by atoms with van der Waals surface area (Å²) >= 11 is 3.39. The zero-order chi connectivity index (χ0) is 17.0. The van der Waals surface area contributed by atoms with E-state index in [1.165, 1.54) is 12.5 Å². The minimum Gasteiger partial charge on any atom is -0.444 e. The zero-order valence-electron chi connectivity index (χ0n) is 14.1. The number of amides is 1. The Bertz CT molecular complexity index is 530. The van der Waals surface area contributed by atoms with Gasteiger partial charge in [0.15, 0.2) is 0 Å². The maximum absolute atomic E-state index is 14.2. The molecule has 0 spiro atoms. The molecular weight excluding hydrogens is 361 g/mol. The van der Waals surface area contributed by atoms with Crippen LogP contribution in [0.2, 0.25) is 0 Å². The summed E-state index contributed by atoms with van der Waals surface area (Å²) in [6.45, 7) is 5.78. The van der Waals surface area contributed by atoms with Gasteiger partial charge in [0.05, 0.1) is 6.54 Å². The van der Waals surface area contributed by atoms with Gasteiger partial charge in [0, 0.05) is 16.1 Å². The summed E-state index contributed by atoms with van der Waals surface area (Å²) in [7, 11) is 0. The van der Waals surface area contributed by atoms with E-state index in [4.69, 9.17) is 4.74 Å². The van der Waals surface area contributed by atoms with Crippen LogP contribution in [0.1, 0.15) is 58.4 Å². The molecule has 1 aliphatic rings. The lowest BCUT2D eigenvalue weighted by Crippen LogP contribution is -2.44. The van der Waals surface area contributed by atoms with Crippen molar-refractivity contribution in [2.75, 3.05) is 0 Å². The van der Waals surface area contributed by atoms with Gasteiger partial charge in [-0.1, -0.05) is 41.3 Å². The van der Waals surface area contributed by atoms with Gasteiger partial charge in [0.25, 0.3) is 0 Å². The smallest absolute Gasteiger partial charge is 0.410 e. The van der Waals surface area contributed by atoms with Gasteiger partial charge >= 0.3 is 6.09 Å². The number of halogens is 2. The topological polar surface area (TPSA) is 29.5 Å². The lowest BCUT2D eigenvalue weighted by Gasteiger charge is -2.35. The molecule has 0 aliphatic heterocycles. The number of carbonyl (C=O) groups is 1. The first-order valence-corrected chi connectivity index (χ1v) is 9.00. The van der Waals surface area contributed by atoms with Crippen molar-refractivity contribution in [3.63, 3.8) is 0 Å². The summed E-state index contributed by atoms with van der Waals surface area (Å²) in [5.41, 5.74) is -0.0554. The molecule has 0 radical (unpaired) electrons. The predicted octanol–water partition coefficient (Wildman–Crippen LogP) is 5.66. The van der Waals surface area contributed by atoms with Crippen LogP contribution >= 0.6 is 15.9 Å². The molecule has 1 saturated carbocycles. The van der Waals surface area contributed by atoms with Crippen LogP contribution in [0.3, 0.4) is 0 Å². The second-order valence-corrected chi connectivity index (χ2v) is 7.95. The minimum absolute atomic E-state index is 0.116. The molecule has 5 heteroatoms. The van der Waals surface area contributed by atoms with E-state index in [0.29, 0.717) is 10.0 Å². The maximum atomic E-state index is 14.2. The van der Waals surface area contributed by atoms with Crippen molar-refractivity contribution in [1.82, 2.24) is 4.90 Å². The van der Waals surface area contributed by atoms with Crippen LogP contribution in [0.15, 0.2) is 22.7 Å². The van der Waals surface area contributed by atoms with Crippen LogP contribution in [0, 0.1) is 5.82 Å². The average molecular weight is 386 g/mol. The van der Waals surface area contributed by atoms with Crippen molar-refractivity contribution in [1.29, 1.82) is 0 Å². The van der Waals surface area contributed by atoms with Crippen LogP contribution < -0.4 is 0 Å². The van der Waals surface area contributed by atoms with E-state index in [1.807, 2.05) is 20.8 Å². The molecule has 1 aliphatic carbocycles. The van der Waals surface area contributed by atoms with Crippen molar-refractivity contribution in [3.05, 3.63) is 34.1 Å². The van der Waals surface area contributed by atoms with Gasteiger partial charge in [-0.05, 0) is 45.7 Å². The van der Waals surface area contributed by atoms with Gasteiger partial charge in [0.2, 0.25) is 0 Å². The third-order valence-corrected chi connectivity index (χ3v) is 4.78. The van der Waals surface area contributed by atoms with Crippen LogP contribution in [0.4, 0.5) is 9.18 Å². The number of nitrogens with zero attached hydrogens (tertiary/aromatic N) is 1. The number of benzene rings is 1. The molecule has 0 N–H and O–H groups in total. The Morgan fingerprint density at radius 1 is 1.30 bits per heavy atom. The van der Waals surface area contributed by atoms with E-state index in [9.17, 15) is 9.18 Å². The standard InChI is InChI=1S/C18H25BrFNO2/c1-18(2,3)23-17(22)21(13-8-5-4-6-9-13)12-14-15(19)10-7-11-16(14)20/h7,10-11,13H,4-6,8-9,12H2,1-3H3. The number of hydrogen-bond acceptors (Lipinski definition) is 2. The highest BCUT2D eigenvalue weighted by Gasteiger charge is 2.30. The molecule has 1 aromatic rings. The van der Waals surface area contributed by atoms with E-state index < -0.39 is 5.60 Å². The Hall–Kier alpha value is -1.10. The Morgan fingerprint density at radius 2 is 1.96 bits per heavy atom. The molecule has 1 fully saturated rings. The summed E-state index contributed by atoms with van der Waals surface area (Å²) in [5, 5.41) is 0. The molecular formula is C18H25BrFNO2. The molecule has 128 valence electrons. The molecule has 0 aromatic heterocycles. The van der Waals surface area contributed by atoms with Gasteiger partial charge in [0.1, 0.15) is 11.4 Å². The van der Waals surface area contributed by atoms with Crippen molar-refractivity contribution < 1.29 is 13.9 Å². The van der Waals surface area contributed by atoms with Crippen LogP contribution in [-0.2, 0) is 11.3 Å². The first kappa shape index (κ1) is 18.2. The number of hydrogen-bond donors (Lipinski definition) is 0. The summed E-state index contributed by atoms with van der Waals surface area (Å²) in [6, 6.07) is 4.99. The SMILES string of the molecule is CC(C)(C)OC(=O)N(Cc1c(F)cccc1Br)C1CCCCC1. The average Bonchev–Trinajstić information content (AvgIpc) is 2.46. The Labute approximate surface area is 146 Å². The summed E-state index contributed by atoms with van der Waals surface area (Å²) in [4.78, 5) is 14.4. The van der Waals surface area contributed by atoms with Gasteiger partial charge < -0.3 is 9.64 Å². The predicted molar refractivity (Wildman–Crippen MR) is 92.8 cm³/mol. The Morgan fingerprint density at radius 3 is 2.52 bits per heavy atom. The molecule has 0 atom stereocenters. The quantitative estimate of drug-likeness (QED) is 0.671. The fourth-order valence-corrected chi connectivity index (χ4v) is 3.38. The van der Waals surface area contributed by atoms with Gasteiger partial charge in [-0.15, -0.1) is 0 Å². The van der Waals surface area contributed by atoms with Crippen molar-refractivity contribution in [2.24, 2.45) is 0 Å². The fourth-order valence-electron chi connectivity index (χ4n) is 2.91. The minimum atomic E-state index is -0.559. The molecule has 2 rings (SSSR count). The van der Waals surface area contributed by atoms with Gasteiger partial charge in [-0.3, -0.25) is 0 Å². The van der Waals surface area contributed by atoms with E-state index in [2.05, 4.69) is 15.9 Å². The molecule has 3 nitrogen and oxygen atoms in total. The number of carbonyl (C=O) groups excluding carboxylic acids is 1. The molecule has 1 aromatic carbocycles. The molecule has 0 saturated heterocycles. The van der Waals surface area contributed by atoms with Crippen LogP contribution in [0.25, 0.3) is 0 Å². The first-order chi connectivity index (χ1) is 10.8. The summed E-state index contributed by atoms with van der Waals surface area (Å²) in [6.07, 6.45) is 4.93. The highest BCUT2D eigenvalue weighted by atomic mass is 79.9. The second-order valence-electron chi connectivity index (χ2n) is 7.10.